The summed E-state index contributed by atoms with van der Waals surface area (Å²) in [5.41, 5.74) is 1.48. The number of fused-ring (bicyclic) bond motifs is 2. The molecule has 0 radical (unpaired) electrons. The average Bonchev–Trinajstić information content (AvgIpc) is 3.17. The fraction of sp³-hybridized carbons (Fsp3) is 0.421. The standard InChI is InChI=1S/C19H22N2O4/c1-21(2)15(22)9-11-3-7-14(8-4-11)20-18(23)16-12-5-6-13(10-12)17(16)19(24)25/h3-8,12-13,16-17H,9-10H2,1-2H3,(H,20,23)(H,24,25)/t12-,13-,16-,17+/m0/s1. The third-order valence-electron chi connectivity index (χ3n) is 5.12. The highest BCUT2D eigenvalue weighted by molar-refractivity contribution is 5.96. The van der Waals surface area contributed by atoms with E-state index in [-0.39, 0.29) is 23.7 Å². The topological polar surface area (TPSA) is 86.7 Å². The molecule has 1 saturated carbocycles. The van der Waals surface area contributed by atoms with Crippen LogP contribution in [0.15, 0.2) is 36.4 Å². The maximum absolute atomic E-state index is 12.6. The number of nitrogens with zero attached hydrogens (tertiary/aromatic N) is 1. The minimum absolute atomic E-state index is 0.00286. The number of nitrogens with one attached hydrogen (secondary N) is 1. The van der Waals surface area contributed by atoms with E-state index in [1.165, 1.54) is 4.90 Å². The first-order valence-electron chi connectivity index (χ1n) is 8.38. The van der Waals surface area contributed by atoms with E-state index in [1.807, 2.05) is 12.2 Å². The zero-order valence-electron chi connectivity index (χ0n) is 14.3. The van der Waals surface area contributed by atoms with Crippen LogP contribution in [0, 0.1) is 23.7 Å². The lowest BCUT2D eigenvalue weighted by atomic mass is 9.82. The van der Waals surface area contributed by atoms with E-state index in [1.54, 1.807) is 38.4 Å². The van der Waals surface area contributed by atoms with Crippen molar-refractivity contribution in [2.24, 2.45) is 23.7 Å². The number of carboxylic acid groups (broad SMARTS) is 1. The van der Waals surface area contributed by atoms with E-state index in [4.69, 9.17) is 0 Å². The normalized spacial score (nSPS) is 26.5. The SMILES string of the molecule is CN(C)C(=O)Cc1ccc(NC(=O)[C@@H]2[C@H](C(=O)O)[C@H]3C=C[C@H]2C3)cc1. The molecule has 1 fully saturated rings. The molecule has 132 valence electrons. The lowest BCUT2D eigenvalue weighted by molar-refractivity contribution is -0.146. The quantitative estimate of drug-likeness (QED) is 0.799. The lowest BCUT2D eigenvalue weighted by Crippen LogP contribution is -2.36. The minimum Gasteiger partial charge on any atom is -0.481 e. The number of anilines is 1. The smallest absolute Gasteiger partial charge is 0.307 e. The first-order chi connectivity index (χ1) is 11.9. The number of allylic oxidation sites excluding steroid dienone is 2. The number of benzene rings is 1. The summed E-state index contributed by atoms with van der Waals surface area (Å²) < 4.78 is 0. The van der Waals surface area contributed by atoms with Crippen LogP contribution in [0.1, 0.15) is 12.0 Å². The van der Waals surface area contributed by atoms with Gasteiger partial charge in [0.2, 0.25) is 11.8 Å². The molecular formula is C19H22N2O4. The molecule has 3 rings (SSSR count). The van der Waals surface area contributed by atoms with E-state index in [0.29, 0.717) is 12.1 Å². The van der Waals surface area contributed by atoms with Gasteiger partial charge in [0.15, 0.2) is 0 Å². The molecule has 0 spiro atoms. The summed E-state index contributed by atoms with van der Waals surface area (Å²) in [4.78, 5) is 37.4. The number of carboxylic acids is 1. The van der Waals surface area contributed by atoms with Crippen molar-refractivity contribution in [3.8, 4) is 0 Å². The fourth-order valence-electron chi connectivity index (χ4n) is 3.78. The van der Waals surface area contributed by atoms with Crippen LogP contribution in [0.25, 0.3) is 0 Å². The zero-order valence-corrected chi connectivity index (χ0v) is 14.3. The summed E-state index contributed by atoms with van der Waals surface area (Å²) in [6.07, 6.45) is 4.92. The van der Waals surface area contributed by atoms with Crippen LogP contribution in [-0.2, 0) is 20.8 Å². The molecule has 2 N–H and O–H groups in total. The Hall–Kier alpha value is -2.63. The lowest BCUT2D eigenvalue weighted by Gasteiger charge is -2.23. The first kappa shape index (κ1) is 17.2. The second-order valence-electron chi connectivity index (χ2n) is 6.99. The van der Waals surface area contributed by atoms with Crippen LogP contribution >= 0.6 is 0 Å². The van der Waals surface area contributed by atoms with Crippen LogP contribution in [0.2, 0.25) is 0 Å². The summed E-state index contributed by atoms with van der Waals surface area (Å²) in [6, 6.07) is 7.09. The molecule has 0 saturated heterocycles. The predicted octanol–water partition coefficient (Wildman–Crippen LogP) is 1.78. The molecular weight excluding hydrogens is 320 g/mol. The van der Waals surface area contributed by atoms with E-state index >= 15 is 0 Å². The Morgan fingerprint density at radius 1 is 1.08 bits per heavy atom. The molecule has 2 aliphatic carbocycles. The van der Waals surface area contributed by atoms with Gasteiger partial charge in [-0.25, -0.2) is 0 Å². The number of carbonyl (C=O) groups is 3. The Balaban J connectivity index is 1.66. The molecule has 4 atom stereocenters. The van der Waals surface area contributed by atoms with Crippen molar-refractivity contribution in [1.82, 2.24) is 4.90 Å². The van der Waals surface area contributed by atoms with Crippen molar-refractivity contribution in [3.05, 3.63) is 42.0 Å². The third-order valence-corrected chi connectivity index (χ3v) is 5.12. The van der Waals surface area contributed by atoms with Crippen molar-refractivity contribution >= 4 is 23.5 Å². The van der Waals surface area contributed by atoms with Gasteiger partial charge in [0.05, 0.1) is 18.3 Å². The number of aliphatic carboxylic acids is 1. The Bertz CT molecular complexity index is 723. The van der Waals surface area contributed by atoms with Gasteiger partial charge >= 0.3 is 5.97 Å². The zero-order chi connectivity index (χ0) is 18.1. The molecule has 2 aliphatic rings. The minimum atomic E-state index is -0.908. The average molecular weight is 342 g/mol. The van der Waals surface area contributed by atoms with Crippen LogP contribution < -0.4 is 5.32 Å². The Morgan fingerprint density at radius 2 is 1.68 bits per heavy atom. The van der Waals surface area contributed by atoms with Gasteiger partial charge in [-0.05, 0) is 36.0 Å². The molecule has 1 aromatic carbocycles. The van der Waals surface area contributed by atoms with E-state index in [9.17, 15) is 19.5 Å². The molecule has 2 amide bonds. The Labute approximate surface area is 146 Å². The van der Waals surface area contributed by atoms with Gasteiger partial charge in [0.1, 0.15) is 0 Å². The van der Waals surface area contributed by atoms with Crippen molar-refractivity contribution in [3.63, 3.8) is 0 Å². The van der Waals surface area contributed by atoms with Gasteiger partial charge in [-0.1, -0.05) is 24.3 Å². The van der Waals surface area contributed by atoms with E-state index in [2.05, 4.69) is 5.32 Å². The number of amides is 2. The largest absolute Gasteiger partial charge is 0.481 e. The second-order valence-corrected chi connectivity index (χ2v) is 6.99. The highest BCUT2D eigenvalue weighted by Crippen LogP contribution is 2.48. The predicted molar refractivity (Wildman–Crippen MR) is 92.8 cm³/mol. The first-order valence-corrected chi connectivity index (χ1v) is 8.38. The number of likely N-dealkylation sites (N-methyl/N-ethyl adjacent to an activating group) is 1. The maximum Gasteiger partial charge on any atom is 0.307 e. The summed E-state index contributed by atoms with van der Waals surface area (Å²) in [6.45, 7) is 0. The Kier molecular flexibility index (Phi) is 4.61. The molecule has 6 nitrogen and oxygen atoms in total. The molecule has 0 aliphatic heterocycles. The fourth-order valence-corrected chi connectivity index (χ4v) is 3.78. The van der Waals surface area contributed by atoms with Gasteiger partial charge < -0.3 is 15.3 Å². The summed E-state index contributed by atoms with van der Waals surface area (Å²) in [7, 11) is 3.42. The van der Waals surface area contributed by atoms with Crippen LogP contribution in [0.4, 0.5) is 5.69 Å². The summed E-state index contributed by atoms with van der Waals surface area (Å²) in [5, 5.41) is 12.3. The maximum atomic E-state index is 12.6. The van der Waals surface area contributed by atoms with Gasteiger partial charge in [0, 0.05) is 19.8 Å². The number of hydrogen-bond donors (Lipinski definition) is 2. The molecule has 1 aromatic rings. The van der Waals surface area contributed by atoms with Crippen molar-refractivity contribution in [2.75, 3.05) is 19.4 Å². The number of carbonyl (C=O) groups excluding carboxylic acids is 2. The molecule has 25 heavy (non-hydrogen) atoms. The van der Waals surface area contributed by atoms with Crippen LogP contribution in [-0.4, -0.2) is 41.9 Å². The monoisotopic (exact) mass is 342 g/mol. The van der Waals surface area contributed by atoms with Crippen molar-refractivity contribution in [1.29, 1.82) is 0 Å². The summed E-state index contributed by atoms with van der Waals surface area (Å²) >= 11 is 0. The van der Waals surface area contributed by atoms with E-state index < -0.39 is 17.8 Å². The molecule has 6 heteroatoms. The molecule has 0 unspecified atom stereocenters. The van der Waals surface area contributed by atoms with Gasteiger partial charge in [-0.3, -0.25) is 14.4 Å². The van der Waals surface area contributed by atoms with Gasteiger partial charge in [0.25, 0.3) is 0 Å². The van der Waals surface area contributed by atoms with Crippen molar-refractivity contribution in [2.45, 2.75) is 12.8 Å². The molecule has 0 aromatic heterocycles. The van der Waals surface area contributed by atoms with E-state index in [0.717, 1.165) is 12.0 Å². The highest BCUT2D eigenvalue weighted by atomic mass is 16.4. The molecule has 0 heterocycles. The summed E-state index contributed by atoms with van der Waals surface area (Å²) in [5.74, 6) is -2.36. The number of hydrogen-bond acceptors (Lipinski definition) is 3. The molecule has 2 bridgehead atoms. The van der Waals surface area contributed by atoms with Gasteiger partial charge in [-0.2, -0.15) is 0 Å². The second kappa shape index (κ2) is 6.70. The van der Waals surface area contributed by atoms with Crippen LogP contribution in [0.3, 0.4) is 0 Å². The van der Waals surface area contributed by atoms with Crippen molar-refractivity contribution < 1.29 is 19.5 Å². The van der Waals surface area contributed by atoms with Crippen LogP contribution in [0.5, 0.6) is 0 Å². The van der Waals surface area contributed by atoms with Gasteiger partial charge in [-0.15, -0.1) is 0 Å². The third kappa shape index (κ3) is 3.43. The highest BCUT2D eigenvalue weighted by Gasteiger charge is 2.51. The number of rotatable bonds is 5. The Morgan fingerprint density at radius 3 is 2.24 bits per heavy atom.